The number of thiazole rings is 1. The number of carbonyl (C=O) groups is 1. The molecule has 164 valence electrons. The number of rotatable bonds is 6. The molecule has 0 fully saturated rings. The van der Waals surface area contributed by atoms with Crippen LogP contribution in [0.2, 0.25) is 5.02 Å². The molecule has 3 aromatic carbocycles. The summed E-state index contributed by atoms with van der Waals surface area (Å²) >= 11 is 8.08. The Morgan fingerprint density at radius 2 is 1.81 bits per heavy atom. The monoisotopic (exact) mass is 484 g/mol. The number of nitrogens with one attached hydrogen (secondary N) is 1. The molecule has 0 bridgehead atoms. The second-order valence-electron chi connectivity index (χ2n) is 7.46. The van der Waals surface area contributed by atoms with Gasteiger partial charge in [-0.1, -0.05) is 36.7 Å². The van der Waals surface area contributed by atoms with Gasteiger partial charge in [0.05, 0.1) is 32.3 Å². The van der Waals surface area contributed by atoms with E-state index in [1.165, 1.54) is 17.7 Å². The van der Waals surface area contributed by atoms with Crippen molar-refractivity contribution in [3.63, 3.8) is 0 Å². The van der Waals surface area contributed by atoms with Crippen molar-refractivity contribution >= 4 is 54.6 Å². The number of anilines is 1. The van der Waals surface area contributed by atoms with Crippen LogP contribution in [-0.4, -0.2) is 25.1 Å². The first kappa shape index (κ1) is 22.5. The number of nitrogens with zero attached hydrogens (tertiary/aromatic N) is 1. The van der Waals surface area contributed by atoms with E-state index in [2.05, 4.69) is 16.4 Å². The van der Waals surface area contributed by atoms with Gasteiger partial charge in [-0.25, -0.2) is 13.4 Å². The van der Waals surface area contributed by atoms with E-state index < -0.39 is 9.84 Å². The number of carbonyl (C=O) groups excluding carboxylic acids is 1. The van der Waals surface area contributed by atoms with Crippen molar-refractivity contribution in [3.05, 3.63) is 76.8 Å². The molecule has 4 rings (SSSR count). The fourth-order valence-corrected chi connectivity index (χ4v) is 5.60. The molecule has 8 heteroatoms. The first-order valence-corrected chi connectivity index (χ1v) is 12.9. The van der Waals surface area contributed by atoms with Crippen molar-refractivity contribution < 1.29 is 13.2 Å². The number of halogens is 1. The highest BCUT2D eigenvalue weighted by atomic mass is 35.5. The number of aromatic nitrogens is 1. The average Bonchev–Trinajstić information content (AvgIpc) is 3.17. The number of sulfone groups is 1. The average molecular weight is 485 g/mol. The molecule has 5 nitrogen and oxygen atoms in total. The van der Waals surface area contributed by atoms with Crippen LogP contribution in [0.5, 0.6) is 0 Å². The Labute approximate surface area is 196 Å². The second kappa shape index (κ2) is 9.02. The zero-order valence-corrected chi connectivity index (χ0v) is 19.9. The molecule has 1 heterocycles. The van der Waals surface area contributed by atoms with E-state index in [9.17, 15) is 13.2 Å². The Balaban J connectivity index is 1.46. The van der Waals surface area contributed by atoms with E-state index >= 15 is 0 Å². The number of fused-ring (bicyclic) bond motifs is 1. The van der Waals surface area contributed by atoms with Crippen LogP contribution in [0.15, 0.2) is 65.6 Å². The third-order valence-electron chi connectivity index (χ3n) is 5.05. The standard InChI is InChI=1S/C24H21ClN2O3S2/c1-3-32(29,30)18-8-5-16(6-9-18)13-23(28)26-17-7-10-19(20(25)14-17)24-27-21-11-4-15(2)12-22(21)31-24/h4-12,14H,3,13H2,1-2H3,(H,26,28). The lowest BCUT2D eigenvalue weighted by molar-refractivity contribution is -0.115. The van der Waals surface area contributed by atoms with Crippen LogP contribution in [0.1, 0.15) is 18.1 Å². The lowest BCUT2D eigenvalue weighted by atomic mass is 10.1. The molecule has 1 aromatic heterocycles. The molecule has 0 spiro atoms. The van der Waals surface area contributed by atoms with E-state index in [0.29, 0.717) is 10.7 Å². The van der Waals surface area contributed by atoms with Gasteiger partial charge in [0.25, 0.3) is 0 Å². The molecule has 0 aliphatic rings. The van der Waals surface area contributed by atoms with Gasteiger partial charge in [-0.15, -0.1) is 11.3 Å². The Morgan fingerprint density at radius 1 is 1.06 bits per heavy atom. The summed E-state index contributed by atoms with van der Waals surface area (Å²) in [5.74, 6) is -0.171. The highest BCUT2D eigenvalue weighted by molar-refractivity contribution is 7.91. The fraction of sp³-hybridized carbons (Fsp3) is 0.167. The molecule has 0 radical (unpaired) electrons. The first-order chi connectivity index (χ1) is 15.2. The zero-order valence-electron chi connectivity index (χ0n) is 17.6. The minimum atomic E-state index is -3.25. The Kier molecular flexibility index (Phi) is 6.33. The molecule has 0 unspecified atom stereocenters. The van der Waals surface area contributed by atoms with E-state index in [0.717, 1.165) is 26.4 Å². The molecular formula is C24H21ClN2O3S2. The molecule has 0 saturated carbocycles. The van der Waals surface area contributed by atoms with Crippen LogP contribution in [-0.2, 0) is 21.1 Å². The van der Waals surface area contributed by atoms with Crippen LogP contribution >= 0.6 is 22.9 Å². The maximum absolute atomic E-state index is 12.5. The first-order valence-electron chi connectivity index (χ1n) is 10.0. The predicted molar refractivity (Wildman–Crippen MR) is 131 cm³/mol. The summed E-state index contributed by atoms with van der Waals surface area (Å²) in [4.78, 5) is 17.4. The minimum absolute atomic E-state index is 0.0419. The number of benzene rings is 3. The smallest absolute Gasteiger partial charge is 0.228 e. The third kappa shape index (κ3) is 4.85. The van der Waals surface area contributed by atoms with Crippen LogP contribution in [0.25, 0.3) is 20.8 Å². The quantitative estimate of drug-likeness (QED) is 0.369. The van der Waals surface area contributed by atoms with Crippen molar-refractivity contribution in [1.29, 1.82) is 0 Å². The Hall–Kier alpha value is -2.74. The molecule has 0 saturated heterocycles. The van der Waals surface area contributed by atoms with Gasteiger partial charge < -0.3 is 5.32 Å². The number of hydrogen-bond acceptors (Lipinski definition) is 5. The van der Waals surface area contributed by atoms with Crippen molar-refractivity contribution in [3.8, 4) is 10.6 Å². The molecule has 1 N–H and O–H groups in total. The maximum Gasteiger partial charge on any atom is 0.228 e. The lowest BCUT2D eigenvalue weighted by Crippen LogP contribution is -2.14. The van der Waals surface area contributed by atoms with Crippen LogP contribution in [0.3, 0.4) is 0 Å². The Bertz CT molecular complexity index is 1410. The molecular weight excluding hydrogens is 464 g/mol. The van der Waals surface area contributed by atoms with Crippen molar-refractivity contribution in [2.75, 3.05) is 11.1 Å². The summed E-state index contributed by atoms with van der Waals surface area (Å²) in [6.45, 7) is 3.65. The number of hydrogen-bond donors (Lipinski definition) is 1. The van der Waals surface area contributed by atoms with E-state index in [4.69, 9.17) is 11.6 Å². The zero-order chi connectivity index (χ0) is 22.9. The van der Waals surface area contributed by atoms with Gasteiger partial charge >= 0.3 is 0 Å². The van der Waals surface area contributed by atoms with Gasteiger partial charge in [-0.2, -0.15) is 0 Å². The van der Waals surface area contributed by atoms with Gasteiger partial charge in [0.2, 0.25) is 5.91 Å². The molecule has 0 aliphatic heterocycles. The maximum atomic E-state index is 12.5. The topological polar surface area (TPSA) is 76.1 Å². The van der Waals surface area contributed by atoms with E-state index in [-0.39, 0.29) is 23.0 Å². The third-order valence-corrected chi connectivity index (χ3v) is 8.17. The van der Waals surface area contributed by atoms with E-state index in [1.807, 2.05) is 25.1 Å². The Morgan fingerprint density at radius 3 is 2.50 bits per heavy atom. The van der Waals surface area contributed by atoms with Crippen molar-refractivity contribution in [2.45, 2.75) is 25.2 Å². The van der Waals surface area contributed by atoms with Gasteiger partial charge in [0, 0.05) is 11.3 Å². The van der Waals surface area contributed by atoms with Gasteiger partial charge in [-0.05, 0) is 60.5 Å². The van der Waals surface area contributed by atoms with Crippen LogP contribution in [0, 0.1) is 6.92 Å². The van der Waals surface area contributed by atoms with E-state index in [1.54, 1.807) is 42.5 Å². The summed E-state index contributed by atoms with van der Waals surface area (Å²) in [6, 6.07) is 17.9. The molecule has 4 aromatic rings. The van der Waals surface area contributed by atoms with Crippen molar-refractivity contribution in [1.82, 2.24) is 4.98 Å². The van der Waals surface area contributed by atoms with Gasteiger partial charge in [0.15, 0.2) is 9.84 Å². The predicted octanol–water partition coefficient (Wildman–Crippen LogP) is 5.90. The molecule has 32 heavy (non-hydrogen) atoms. The van der Waals surface area contributed by atoms with Gasteiger partial charge in [0.1, 0.15) is 5.01 Å². The summed E-state index contributed by atoms with van der Waals surface area (Å²) < 4.78 is 24.9. The number of amides is 1. The van der Waals surface area contributed by atoms with Gasteiger partial charge in [-0.3, -0.25) is 4.79 Å². The summed E-state index contributed by atoms with van der Waals surface area (Å²) in [7, 11) is -3.25. The highest BCUT2D eigenvalue weighted by Gasteiger charge is 2.13. The van der Waals surface area contributed by atoms with Crippen molar-refractivity contribution in [2.24, 2.45) is 0 Å². The summed E-state index contributed by atoms with van der Waals surface area (Å²) in [5, 5.41) is 4.18. The largest absolute Gasteiger partial charge is 0.326 e. The fourth-order valence-electron chi connectivity index (χ4n) is 3.29. The number of aryl methyl sites for hydroxylation is 1. The highest BCUT2D eigenvalue weighted by Crippen LogP contribution is 2.36. The van der Waals surface area contributed by atoms with Crippen LogP contribution < -0.4 is 5.32 Å². The SMILES string of the molecule is CCS(=O)(=O)c1ccc(CC(=O)Nc2ccc(-c3nc4ccc(C)cc4s3)c(Cl)c2)cc1. The summed E-state index contributed by atoms with van der Waals surface area (Å²) in [6.07, 6.45) is 0.128. The summed E-state index contributed by atoms with van der Waals surface area (Å²) in [5.41, 5.74) is 4.24. The molecule has 1 amide bonds. The second-order valence-corrected chi connectivity index (χ2v) is 11.2. The normalized spacial score (nSPS) is 11.6. The molecule has 0 aliphatic carbocycles. The minimum Gasteiger partial charge on any atom is -0.326 e. The van der Waals surface area contributed by atoms with Crippen LogP contribution in [0.4, 0.5) is 5.69 Å². The molecule has 0 atom stereocenters. The lowest BCUT2D eigenvalue weighted by Gasteiger charge is -2.08.